The molecule has 2 aromatic carbocycles. The second-order valence-corrected chi connectivity index (χ2v) is 18.4. The minimum absolute atomic E-state index is 0.0584. The van der Waals surface area contributed by atoms with Gasteiger partial charge in [-0.05, 0) is 46.9 Å². The number of carboxylic acid groups (broad SMARTS) is 1. The maximum Gasteiger partial charge on any atom is 0.415 e. The van der Waals surface area contributed by atoms with Gasteiger partial charge in [-0.25, -0.2) is 28.0 Å². The van der Waals surface area contributed by atoms with E-state index in [2.05, 4.69) is 61.3 Å². The summed E-state index contributed by atoms with van der Waals surface area (Å²) in [5, 5.41) is 25.4. The highest BCUT2D eigenvalue weighted by molar-refractivity contribution is 5.98. The molecule has 0 aromatic heterocycles. The number of carbonyl (C=O) groups is 12. The number of ketones is 1. The maximum atomic E-state index is 13.0. The van der Waals surface area contributed by atoms with Crippen LogP contribution in [0.3, 0.4) is 0 Å². The zero-order chi connectivity index (χ0) is 65.4. The summed E-state index contributed by atoms with van der Waals surface area (Å²) in [5.41, 5.74) is 21.3. The second kappa shape index (κ2) is 48.2. The number of rotatable bonds is 29. The summed E-state index contributed by atoms with van der Waals surface area (Å²) in [7, 11) is 0. The van der Waals surface area contributed by atoms with Crippen LogP contribution in [0, 0.1) is 17.8 Å². The molecule has 0 radical (unpaired) electrons. The van der Waals surface area contributed by atoms with Crippen molar-refractivity contribution in [1.82, 2.24) is 21.3 Å². The first-order chi connectivity index (χ1) is 40.6. The molecule has 476 valence electrons. The Hall–Kier alpha value is -9.16. The number of alkyl carbamates (subject to hydrolysis) is 2. The van der Waals surface area contributed by atoms with Gasteiger partial charge in [0.05, 0.1) is 57.8 Å². The van der Waals surface area contributed by atoms with E-state index in [1.165, 1.54) is 20.8 Å². The number of hydrogen-bond donors (Lipinski definition) is 5. The van der Waals surface area contributed by atoms with Gasteiger partial charge in [0.25, 0.3) is 6.43 Å². The molecule has 0 unspecified atom stereocenters. The van der Waals surface area contributed by atoms with E-state index in [4.69, 9.17) is 39.9 Å². The zero-order valence-electron chi connectivity index (χ0n) is 48.7. The van der Waals surface area contributed by atoms with Crippen molar-refractivity contribution in [3.63, 3.8) is 0 Å². The Labute approximate surface area is 493 Å². The third kappa shape index (κ3) is 44.4. The predicted molar refractivity (Wildman–Crippen MR) is 292 cm³/mol. The first-order valence-electron chi connectivity index (χ1n) is 26.3. The topological polar surface area (TPSA) is 466 Å². The number of hydrogen-bond acceptors (Lipinski definition) is 22. The fourth-order valence-electron chi connectivity index (χ4n) is 6.34. The number of carbonyl (C=O) groups excluding carboxylic acids is 12. The van der Waals surface area contributed by atoms with Crippen LogP contribution in [-0.4, -0.2) is 149 Å². The minimum atomic E-state index is -3.34. The molecule has 0 aliphatic carbocycles. The molecule has 0 saturated carbocycles. The number of aliphatic carboxylic acids is 1. The molecular weight excluding hydrogens is 1150 g/mol. The Balaban J connectivity index is 0. The van der Waals surface area contributed by atoms with Gasteiger partial charge >= 0.3 is 48.0 Å². The first-order valence-corrected chi connectivity index (χ1v) is 26.3. The van der Waals surface area contributed by atoms with Crippen molar-refractivity contribution in [1.29, 1.82) is 0 Å². The van der Waals surface area contributed by atoms with E-state index in [0.717, 1.165) is 17.7 Å². The molecule has 4 rings (SSSR count). The molecule has 2 aliphatic heterocycles. The predicted octanol–water partition coefficient (Wildman–Crippen LogP) is 2.76. The average Bonchev–Trinajstić information content (AvgIpc) is 4.07. The van der Waals surface area contributed by atoms with Crippen molar-refractivity contribution in [2.24, 2.45) is 28.0 Å². The molecule has 33 heteroatoms. The van der Waals surface area contributed by atoms with Gasteiger partial charge in [-0.3, -0.25) is 33.6 Å². The molecule has 2 saturated heterocycles. The summed E-state index contributed by atoms with van der Waals surface area (Å²) < 4.78 is 54.0. The van der Waals surface area contributed by atoms with Crippen LogP contribution in [0.2, 0.25) is 0 Å². The SMILES string of the molecule is CC(=O)N[C@H](CC(C)C)C(=O)C[C@@H](CC(=O)OCc1ccccc1)C(=O)NCCOCCN=[N+]=[N-].CC(=O)OC(C)=O.CC(C)C[C@H]1NC(=O)OC1=O.O=C(C[C@@H]1NC(=O)OC1=O)OCc1ccccc1.O=C([O-])C(F)F.[N-]=[N+]=NCCOCC[NH3+]. The number of nitrogens with zero attached hydrogens (tertiary/aromatic N) is 6. The normalized spacial score (nSPS) is 14.0. The van der Waals surface area contributed by atoms with E-state index < -0.39 is 90.3 Å². The lowest BCUT2D eigenvalue weighted by Crippen LogP contribution is -2.52. The number of ether oxygens (including phenoxy) is 7. The largest absolute Gasteiger partial charge is 0.544 e. The van der Waals surface area contributed by atoms with Crippen LogP contribution >= 0.6 is 0 Å². The standard InChI is InChI=1S/C24H35N5O6.C12H11NO5.C7H11NO3.C4H10N4O.C4H6O3.C2H2F2O2/c1-17(2)13-21(28-18(3)30)22(31)14-20(24(33)26-9-11-34-12-10-27-29-25)15-23(32)35-16-19-7-5-4-6-8-19;14-10(6-9-11(15)18-12(16)13-9)17-7-8-4-2-1-3-5-8;1-4(2)3-5-6(9)11-7(10)8-5;5-1-3-9-4-2-7-8-6;1-3(5)7-4(2)6;3-1(4)2(5)6/h4-8,17,20-21H,9-16H2,1-3H3,(H,26,33)(H,28,30);1-5,9H,6-7H2,(H,13,16);4-5H,3H2,1-2H3,(H,8,10);1-5H2;1-2H3;1H,(H,5,6)/t20-,21+;9-;5-;;;/m001.../s1. The van der Waals surface area contributed by atoms with Gasteiger partial charge < -0.3 is 70.1 Å². The second-order valence-electron chi connectivity index (χ2n) is 18.4. The van der Waals surface area contributed by atoms with Crippen molar-refractivity contribution in [3.8, 4) is 0 Å². The van der Waals surface area contributed by atoms with Gasteiger partial charge in [0.15, 0.2) is 5.78 Å². The molecule has 4 atom stereocenters. The van der Waals surface area contributed by atoms with Crippen molar-refractivity contribution in [3.05, 3.63) is 92.7 Å². The summed E-state index contributed by atoms with van der Waals surface area (Å²) in [6, 6.07) is 16.2. The number of quaternary nitrogens is 1. The number of azide groups is 2. The summed E-state index contributed by atoms with van der Waals surface area (Å²) in [6.45, 7) is 14.7. The molecule has 86 heavy (non-hydrogen) atoms. The number of benzene rings is 2. The summed E-state index contributed by atoms with van der Waals surface area (Å²) in [6.07, 6.45) is -4.46. The Morgan fingerprint density at radius 3 is 1.55 bits per heavy atom. The lowest BCUT2D eigenvalue weighted by atomic mass is 9.91. The Kier molecular flexibility index (Phi) is 44.3. The highest BCUT2D eigenvalue weighted by atomic mass is 19.3. The van der Waals surface area contributed by atoms with Crippen LogP contribution in [0.4, 0.5) is 18.4 Å². The molecular formula is C53H75F2N11O20. The van der Waals surface area contributed by atoms with Gasteiger partial charge in [0.2, 0.25) is 11.8 Å². The Morgan fingerprint density at radius 1 is 0.698 bits per heavy atom. The number of cyclic esters (lactones) is 4. The average molecular weight is 1220 g/mol. The number of amides is 4. The fraction of sp³-hybridized carbons (Fsp3) is 0.547. The minimum Gasteiger partial charge on any atom is -0.544 e. The first kappa shape index (κ1) is 78.9. The summed E-state index contributed by atoms with van der Waals surface area (Å²) >= 11 is 0. The highest BCUT2D eigenvalue weighted by Gasteiger charge is 2.35. The monoisotopic (exact) mass is 1220 g/mol. The number of alkyl halides is 2. The Bertz CT molecular complexity index is 2540. The van der Waals surface area contributed by atoms with Crippen LogP contribution in [0.15, 0.2) is 70.9 Å². The van der Waals surface area contributed by atoms with Crippen molar-refractivity contribution in [2.75, 3.05) is 52.6 Å². The number of carboxylic acids is 1. The summed E-state index contributed by atoms with van der Waals surface area (Å²) in [4.78, 5) is 138. The maximum absolute atomic E-state index is 13.0. The molecule has 31 nitrogen and oxygen atoms in total. The van der Waals surface area contributed by atoms with Crippen molar-refractivity contribution < 1.29 is 110 Å². The molecule has 0 bridgehead atoms. The van der Waals surface area contributed by atoms with Gasteiger partial charge in [0, 0.05) is 56.6 Å². The van der Waals surface area contributed by atoms with E-state index in [9.17, 15) is 61.5 Å². The molecule has 2 aromatic rings. The third-order valence-electron chi connectivity index (χ3n) is 9.91. The number of halogens is 2. The van der Waals surface area contributed by atoms with Crippen LogP contribution in [0.5, 0.6) is 0 Å². The van der Waals surface area contributed by atoms with Gasteiger partial charge in [0.1, 0.15) is 31.3 Å². The summed E-state index contributed by atoms with van der Waals surface area (Å²) in [5.74, 6) is -7.42. The van der Waals surface area contributed by atoms with Gasteiger partial charge in [-0.2, -0.15) is 0 Å². The van der Waals surface area contributed by atoms with Crippen molar-refractivity contribution >= 4 is 71.6 Å². The third-order valence-corrected chi connectivity index (χ3v) is 9.91. The molecule has 2 heterocycles. The highest BCUT2D eigenvalue weighted by Crippen LogP contribution is 2.17. The Morgan fingerprint density at radius 2 is 1.16 bits per heavy atom. The van der Waals surface area contributed by atoms with E-state index in [-0.39, 0.29) is 76.4 Å². The molecule has 4 amide bonds. The lowest BCUT2D eigenvalue weighted by molar-refractivity contribution is -0.374. The quantitative estimate of drug-likeness (QED) is 0.0149. The molecule has 0 spiro atoms. The molecule has 2 aliphatic rings. The lowest BCUT2D eigenvalue weighted by Gasteiger charge is -2.22. The van der Waals surface area contributed by atoms with Crippen LogP contribution in [0.25, 0.3) is 20.9 Å². The number of Topliss-reactive ketones (excluding diaryl/α,β-unsaturated/α-hetero) is 1. The van der Waals surface area contributed by atoms with Crippen molar-refractivity contribution in [2.45, 2.75) is 118 Å². The van der Waals surface area contributed by atoms with E-state index >= 15 is 0 Å². The molecule has 2 fully saturated rings. The van der Waals surface area contributed by atoms with Crippen LogP contribution in [-0.2, 0) is 94.3 Å². The smallest absolute Gasteiger partial charge is 0.415 e. The van der Waals surface area contributed by atoms with Crippen LogP contribution in [0.1, 0.15) is 91.7 Å². The van der Waals surface area contributed by atoms with Gasteiger partial charge in [-0.1, -0.05) is 98.6 Å². The fourth-order valence-corrected chi connectivity index (χ4v) is 6.34. The zero-order valence-corrected chi connectivity index (χ0v) is 48.7. The van der Waals surface area contributed by atoms with E-state index in [1.807, 2.05) is 88.4 Å². The van der Waals surface area contributed by atoms with E-state index in [1.54, 1.807) is 0 Å². The van der Waals surface area contributed by atoms with E-state index in [0.29, 0.717) is 38.5 Å². The molecule has 7 N–H and O–H groups in total. The van der Waals surface area contributed by atoms with Crippen LogP contribution < -0.4 is 32.1 Å². The number of nitrogens with one attached hydrogen (secondary N) is 4. The number of esters is 6. The van der Waals surface area contributed by atoms with Gasteiger partial charge in [-0.15, -0.1) is 0 Å².